The SMILES string of the molecule is C=C/C(F)=C(\C=C)Oc1ccc(-c2cc(=O)c3cc(O)ccc3o2)cc1. The number of allylic oxidation sites excluding steroid dienone is 3. The highest BCUT2D eigenvalue weighted by Crippen LogP contribution is 2.26. The van der Waals surface area contributed by atoms with Crippen LogP contribution in [0.1, 0.15) is 0 Å². The van der Waals surface area contributed by atoms with E-state index in [1.807, 2.05) is 0 Å². The molecule has 0 saturated carbocycles. The van der Waals surface area contributed by atoms with Gasteiger partial charge >= 0.3 is 0 Å². The minimum atomic E-state index is -0.618. The molecule has 4 nitrogen and oxygen atoms in total. The molecular formula is C21H15FO4. The standard InChI is InChI=1S/C21H15FO4/c1-3-17(22)19(4-2)25-15-8-5-13(6-9-15)21-12-18(24)16-11-14(23)7-10-20(16)26-21/h3-12,23H,1-2H2/b19-17-. The van der Waals surface area contributed by atoms with E-state index < -0.39 is 5.83 Å². The molecule has 0 aliphatic rings. The zero-order valence-corrected chi connectivity index (χ0v) is 13.7. The van der Waals surface area contributed by atoms with Gasteiger partial charge in [0.05, 0.1) is 5.39 Å². The van der Waals surface area contributed by atoms with Gasteiger partial charge in [-0.25, -0.2) is 4.39 Å². The molecule has 130 valence electrons. The van der Waals surface area contributed by atoms with E-state index in [-0.39, 0.29) is 16.9 Å². The van der Waals surface area contributed by atoms with Crippen LogP contribution in [0.3, 0.4) is 0 Å². The molecule has 0 saturated heterocycles. The molecule has 3 rings (SSSR count). The summed E-state index contributed by atoms with van der Waals surface area (Å²) >= 11 is 0. The molecule has 3 aromatic rings. The number of ether oxygens (including phenoxy) is 1. The van der Waals surface area contributed by atoms with Gasteiger partial charge in [0.1, 0.15) is 22.8 Å². The lowest BCUT2D eigenvalue weighted by Gasteiger charge is -2.08. The summed E-state index contributed by atoms with van der Waals surface area (Å²) < 4.78 is 24.7. The predicted molar refractivity (Wildman–Crippen MR) is 98.7 cm³/mol. The lowest BCUT2D eigenvalue weighted by atomic mass is 10.1. The number of phenolic OH excluding ortho intramolecular Hbond substituents is 1. The summed E-state index contributed by atoms with van der Waals surface area (Å²) in [7, 11) is 0. The molecule has 0 spiro atoms. The van der Waals surface area contributed by atoms with Gasteiger partial charge in [0.25, 0.3) is 0 Å². The minimum absolute atomic E-state index is 0.00288. The molecule has 0 unspecified atom stereocenters. The smallest absolute Gasteiger partial charge is 0.193 e. The molecule has 2 aromatic carbocycles. The summed E-state index contributed by atoms with van der Waals surface area (Å²) in [6.45, 7) is 6.84. The van der Waals surface area contributed by atoms with Crippen LogP contribution in [0.4, 0.5) is 4.39 Å². The number of phenols is 1. The van der Waals surface area contributed by atoms with Crippen molar-refractivity contribution in [2.75, 3.05) is 0 Å². The molecule has 0 aliphatic carbocycles. The van der Waals surface area contributed by atoms with Crippen molar-refractivity contribution >= 4 is 11.0 Å². The highest BCUT2D eigenvalue weighted by Gasteiger charge is 2.09. The Morgan fingerprint density at radius 3 is 2.46 bits per heavy atom. The molecule has 1 heterocycles. The maximum atomic E-state index is 13.5. The molecule has 0 aliphatic heterocycles. The van der Waals surface area contributed by atoms with Gasteiger partial charge in [0.2, 0.25) is 0 Å². The Bertz CT molecular complexity index is 1080. The summed E-state index contributed by atoms with van der Waals surface area (Å²) in [5.41, 5.74) is 0.760. The molecular weight excluding hydrogens is 335 g/mol. The molecule has 0 amide bonds. The van der Waals surface area contributed by atoms with Crippen molar-refractivity contribution in [3.05, 3.63) is 95.7 Å². The van der Waals surface area contributed by atoms with E-state index in [2.05, 4.69) is 13.2 Å². The number of hydrogen-bond acceptors (Lipinski definition) is 4. The third-order valence-electron chi connectivity index (χ3n) is 3.68. The lowest BCUT2D eigenvalue weighted by molar-refractivity contribution is 0.419. The van der Waals surface area contributed by atoms with Gasteiger partial charge < -0.3 is 14.3 Å². The molecule has 1 N–H and O–H groups in total. The maximum Gasteiger partial charge on any atom is 0.193 e. The quantitative estimate of drug-likeness (QED) is 0.514. The van der Waals surface area contributed by atoms with Gasteiger partial charge in [-0.1, -0.05) is 13.2 Å². The normalized spacial score (nSPS) is 11.7. The van der Waals surface area contributed by atoms with Crippen molar-refractivity contribution in [1.82, 2.24) is 0 Å². The van der Waals surface area contributed by atoms with Crippen LogP contribution < -0.4 is 10.2 Å². The van der Waals surface area contributed by atoms with Crippen LogP contribution >= 0.6 is 0 Å². The minimum Gasteiger partial charge on any atom is -0.508 e. The first-order valence-corrected chi connectivity index (χ1v) is 7.71. The first-order chi connectivity index (χ1) is 12.5. The van der Waals surface area contributed by atoms with Crippen LogP contribution in [0.2, 0.25) is 0 Å². The van der Waals surface area contributed by atoms with E-state index in [4.69, 9.17) is 9.15 Å². The topological polar surface area (TPSA) is 59.7 Å². The number of rotatable bonds is 5. The lowest BCUT2D eigenvalue weighted by Crippen LogP contribution is -2.00. The van der Waals surface area contributed by atoms with Crippen LogP contribution in [0, 0.1) is 0 Å². The fourth-order valence-electron chi connectivity index (χ4n) is 2.39. The maximum absolute atomic E-state index is 13.5. The van der Waals surface area contributed by atoms with E-state index in [0.717, 1.165) is 6.08 Å². The highest BCUT2D eigenvalue weighted by molar-refractivity contribution is 5.80. The Morgan fingerprint density at radius 2 is 1.81 bits per heavy atom. The average molecular weight is 350 g/mol. The molecule has 0 radical (unpaired) electrons. The van der Waals surface area contributed by atoms with Crippen molar-refractivity contribution in [2.24, 2.45) is 0 Å². The fourth-order valence-corrected chi connectivity index (χ4v) is 2.39. The van der Waals surface area contributed by atoms with Crippen molar-refractivity contribution in [2.45, 2.75) is 0 Å². The van der Waals surface area contributed by atoms with Crippen molar-refractivity contribution < 1.29 is 18.7 Å². The molecule has 1 aromatic heterocycles. The van der Waals surface area contributed by atoms with Gasteiger partial charge in [-0.15, -0.1) is 0 Å². The predicted octanol–water partition coefficient (Wildman–Crippen LogP) is 5.10. The van der Waals surface area contributed by atoms with E-state index in [9.17, 15) is 14.3 Å². The summed E-state index contributed by atoms with van der Waals surface area (Å²) in [4.78, 5) is 12.2. The van der Waals surface area contributed by atoms with Crippen LogP contribution in [0.5, 0.6) is 11.5 Å². The molecule has 5 heteroatoms. The van der Waals surface area contributed by atoms with E-state index in [0.29, 0.717) is 28.0 Å². The highest BCUT2D eigenvalue weighted by atomic mass is 19.1. The van der Waals surface area contributed by atoms with Crippen molar-refractivity contribution in [3.8, 4) is 22.8 Å². The zero-order chi connectivity index (χ0) is 18.7. The number of fused-ring (bicyclic) bond motifs is 1. The van der Waals surface area contributed by atoms with E-state index in [1.54, 1.807) is 24.3 Å². The van der Waals surface area contributed by atoms with Crippen molar-refractivity contribution in [3.63, 3.8) is 0 Å². The van der Waals surface area contributed by atoms with Gasteiger partial charge in [-0.2, -0.15) is 0 Å². The fraction of sp³-hybridized carbons (Fsp3) is 0. The summed E-state index contributed by atoms with van der Waals surface area (Å²) in [6.07, 6.45) is 2.29. The van der Waals surface area contributed by atoms with Crippen molar-refractivity contribution in [1.29, 1.82) is 0 Å². The van der Waals surface area contributed by atoms with Crippen LogP contribution in [-0.4, -0.2) is 5.11 Å². The van der Waals surface area contributed by atoms with Gasteiger partial charge in [0.15, 0.2) is 17.0 Å². The Morgan fingerprint density at radius 1 is 1.08 bits per heavy atom. The number of aromatic hydroxyl groups is 1. The Hall–Kier alpha value is -3.60. The third-order valence-corrected chi connectivity index (χ3v) is 3.68. The Labute approximate surface area is 148 Å². The number of hydrogen-bond donors (Lipinski definition) is 1. The summed E-state index contributed by atoms with van der Waals surface area (Å²) in [5.74, 6) is 0.111. The second-order valence-electron chi connectivity index (χ2n) is 5.40. The van der Waals surface area contributed by atoms with Crippen LogP contribution in [-0.2, 0) is 0 Å². The van der Waals surface area contributed by atoms with Gasteiger partial charge in [-0.05, 0) is 54.6 Å². The van der Waals surface area contributed by atoms with Gasteiger partial charge in [0, 0.05) is 11.6 Å². The second-order valence-corrected chi connectivity index (χ2v) is 5.40. The Kier molecular flexibility index (Phi) is 4.71. The molecule has 0 fully saturated rings. The number of halogens is 1. The van der Waals surface area contributed by atoms with E-state index in [1.165, 1.54) is 30.3 Å². The monoisotopic (exact) mass is 350 g/mol. The third kappa shape index (κ3) is 3.42. The molecule has 0 atom stereocenters. The zero-order valence-electron chi connectivity index (χ0n) is 13.7. The first-order valence-electron chi connectivity index (χ1n) is 7.71. The van der Waals surface area contributed by atoms with Crippen LogP contribution in [0.15, 0.2) is 94.6 Å². The van der Waals surface area contributed by atoms with Gasteiger partial charge in [-0.3, -0.25) is 4.79 Å². The summed E-state index contributed by atoms with van der Waals surface area (Å²) in [6, 6.07) is 12.3. The number of benzene rings is 2. The Balaban J connectivity index is 1.95. The molecule has 0 bridgehead atoms. The van der Waals surface area contributed by atoms with Crippen LogP contribution in [0.25, 0.3) is 22.3 Å². The summed E-state index contributed by atoms with van der Waals surface area (Å²) in [5, 5.41) is 9.78. The second kappa shape index (κ2) is 7.11. The van der Waals surface area contributed by atoms with E-state index >= 15 is 0 Å². The average Bonchev–Trinajstić information content (AvgIpc) is 2.66. The largest absolute Gasteiger partial charge is 0.508 e. The molecule has 26 heavy (non-hydrogen) atoms. The first kappa shape index (κ1) is 17.2.